The molecule has 1 aliphatic carbocycles. The van der Waals surface area contributed by atoms with Gasteiger partial charge in [-0.25, -0.2) is 0 Å². The lowest BCUT2D eigenvalue weighted by Crippen LogP contribution is -2.27. The van der Waals surface area contributed by atoms with Crippen LogP contribution in [0.1, 0.15) is 30.0 Å². The maximum atomic E-state index is 11.0. The van der Waals surface area contributed by atoms with Crippen molar-refractivity contribution in [3.8, 4) is 0 Å². The van der Waals surface area contributed by atoms with E-state index in [4.69, 9.17) is 0 Å². The Labute approximate surface area is 107 Å². The fourth-order valence-electron chi connectivity index (χ4n) is 2.97. The van der Waals surface area contributed by atoms with Gasteiger partial charge in [-0.1, -0.05) is 54.6 Å². The molecule has 0 aromatic heterocycles. The molecular formula is C16H16O2. The van der Waals surface area contributed by atoms with Crippen LogP contribution in [0.25, 0.3) is 0 Å². The van der Waals surface area contributed by atoms with Gasteiger partial charge in [-0.3, -0.25) is 0 Å². The molecule has 18 heavy (non-hydrogen) atoms. The highest BCUT2D eigenvalue weighted by atomic mass is 16.3. The maximum absolute atomic E-state index is 11.0. The van der Waals surface area contributed by atoms with Crippen LogP contribution in [0.2, 0.25) is 0 Å². The molecule has 0 saturated heterocycles. The summed E-state index contributed by atoms with van der Waals surface area (Å²) in [7, 11) is 0. The summed E-state index contributed by atoms with van der Waals surface area (Å²) in [4.78, 5) is 0. The Morgan fingerprint density at radius 2 is 1.39 bits per heavy atom. The molecule has 0 spiro atoms. The van der Waals surface area contributed by atoms with Gasteiger partial charge < -0.3 is 10.2 Å². The van der Waals surface area contributed by atoms with Gasteiger partial charge in [0.15, 0.2) is 0 Å². The van der Waals surface area contributed by atoms with E-state index in [0.29, 0.717) is 6.42 Å². The van der Waals surface area contributed by atoms with Crippen molar-refractivity contribution < 1.29 is 10.2 Å². The number of hydrogen-bond acceptors (Lipinski definition) is 2. The third-order valence-electron chi connectivity index (χ3n) is 3.80. The first kappa shape index (κ1) is 11.5. The van der Waals surface area contributed by atoms with Crippen molar-refractivity contribution in [2.45, 2.75) is 24.5 Å². The van der Waals surface area contributed by atoms with Crippen molar-refractivity contribution >= 4 is 0 Å². The second-order valence-corrected chi connectivity index (χ2v) is 5.22. The average Bonchev–Trinajstić information content (AvgIpc) is 2.60. The molecule has 92 valence electrons. The van der Waals surface area contributed by atoms with Gasteiger partial charge in [0.05, 0.1) is 5.60 Å². The van der Waals surface area contributed by atoms with Gasteiger partial charge in [0.2, 0.25) is 0 Å². The summed E-state index contributed by atoms with van der Waals surface area (Å²) in [5, 5.41) is 21.5. The first-order valence-corrected chi connectivity index (χ1v) is 6.14. The van der Waals surface area contributed by atoms with E-state index in [1.165, 1.54) is 0 Å². The predicted molar refractivity (Wildman–Crippen MR) is 70.1 cm³/mol. The third kappa shape index (κ3) is 1.50. The summed E-state index contributed by atoms with van der Waals surface area (Å²) in [6.07, 6.45) is 0.295. The van der Waals surface area contributed by atoms with Crippen molar-refractivity contribution in [3.05, 3.63) is 71.3 Å². The van der Waals surface area contributed by atoms with Crippen molar-refractivity contribution in [2.24, 2.45) is 0 Å². The van der Waals surface area contributed by atoms with Crippen molar-refractivity contribution in [1.82, 2.24) is 0 Å². The monoisotopic (exact) mass is 240 g/mol. The van der Waals surface area contributed by atoms with Gasteiger partial charge in [0.1, 0.15) is 5.60 Å². The van der Waals surface area contributed by atoms with Crippen LogP contribution in [0.15, 0.2) is 54.6 Å². The summed E-state index contributed by atoms with van der Waals surface area (Å²) in [5.74, 6) is 0. The van der Waals surface area contributed by atoms with Crippen LogP contribution >= 0.6 is 0 Å². The van der Waals surface area contributed by atoms with Crippen molar-refractivity contribution in [1.29, 1.82) is 0 Å². The highest BCUT2D eigenvalue weighted by Crippen LogP contribution is 2.49. The Bertz CT molecular complexity index is 575. The first-order chi connectivity index (χ1) is 8.54. The van der Waals surface area contributed by atoms with Crippen LogP contribution < -0.4 is 0 Å². The number of hydrogen-bond donors (Lipinski definition) is 2. The molecule has 0 bridgehead atoms. The predicted octanol–water partition coefficient (Wildman–Crippen LogP) is 2.53. The summed E-state index contributed by atoms with van der Waals surface area (Å²) in [6, 6.07) is 17.1. The molecule has 0 saturated carbocycles. The number of rotatable bonds is 1. The molecule has 2 heteroatoms. The molecule has 2 nitrogen and oxygen atoms in total. The molecular weight excluding hydrogens is 224 g/mol. The van der Waals surface area contributed by atoms with Crippen LogP contribution in [0.3, 0.4) is 0 Å². The van der Waals surface area contributed by atoms with E-state index in [2.05, 4.69) is 0 Å². The van der Waals surface area contributed by atoms with Gasteiger partial charge in [-0.15, -0.1) is 0 Å². The van der Waals surface area contributed by atoms with Crippen LogP contribution in [0.5, 0.6) is 0 Å². The molecule has 2 atom stereocenters. The summed E-state index contributed by atoms with van der Waals surface area (Å²) in [6.45, 7) is 1.76. The molecule has 2 N–H and O–H groups in total. The topological polar surface area (TPSA) is 40.5 Å². The quantitative estimate of drug-likeness (QED) is 0.804. The Balaban J connectivity index is 2.22. The SMILES string of the molecule is C[C@]1(O)C[C@](O)(c2ccccc2)c2ccccc21. The standard InChI is InChI=1S/C16H16O2/c1-15(17)11-16(18,12-7-3-2-4-8-12)14-10-6-5-9-13(14)15/h2-10,17-18H,11H2,1H3/t15-,16-/m0/s1. The Morgan fingerprint density at radius 1 is 0.833 bits per heavy atom. The third-order valence-corrected chi connectivity index (χ3v) is 3.80. The lowest BCUT2D eigenvalue weighted by molar-refractivity contribution is -0.0133. The van der Waals surface area contributed by atoms with E-state index in [1.807, 2.05) is 54.6 Å². The molecule has 2 aromatic rings. The number of fused-ring (bicyclic) bond motifs is 1. The van der Waals surface area contributed by atoms with Crippen LogP contribution in [-0.2, 0) is 11.2 Å². The molecule has 0 amide bonds. The van der Waals surface area contributed by atoms with E-state index in [-0.39, 0.29) is 0 Å². The summed E-state index contributed by atoms with van der Waals surface area (Å²) >= 11 is 0. The van der Waals surface area contributed by atoms with Crippen LogP contribution in [0, 0.1) is 0 Å². The van der Waals surface area contributed by atoms with E-state index >= 15 is 0 Å². The Hall–Kier alpha value is -1.64. The number of benzene rings is 2. The first-order valence-electron chi connectivity index (χ1n) is 6.14. The largest absolute Gasteiger partial charge is 0.385 e. The molecule has 2 aromatic carbocycles. The zero-order valence-corrected chi connectivity index (χ0v) is 10.3. The minimum Gasteiger partial charge on any atom is -0.385 e. The van der Waals surface area contributed by atoms with E-state index < -0.39 is 11.2 Å². The Morgan fingerprint density at radius 3 is 2.06 bits per heavy atom. The molecule has 0 heterocycles. The van der Waals surface area contributed by atoms with E-state index in [1.54, 1.807) is 6.92 Å². The van der Waals surface area contributed by atoms with Crippen molar-refractivity contribution in [3.63, 3.8) is 0 Å². The minimum atomic E-state index is -1.10. The lowest BCUT2D eigenvalue weighted by atomic mass is 9.87. The van der Waals surface area contributed by atoms with E-state index in [9.17, 15) is 10.2 Å². The van der Waals surface area contributed by atoms with Gasteiger partial charge in [-0.05, 0) is 23.6 Å². The highest BCUT2D eigenvalue weighted by molar-refractivity contribution is 5.48. The molecule has 0 aliphatic heterocycles. The van der Waals surface area contributed by atoms with E-state index in [0.717, 1.165) is 16.7 Å². The fraction of sp³-hybridized carbons (Fsp3) is 0.250. The summed E-state index contributed by atoms with van der Waals surface area (Å²) in [5.41, 5.74) is 0.371. The van der Waals surface area contributed by atoms with Crippen molar-refractivity contribution in [2.75, 3.05) is 0 Å². The Kier molecular flexibility index (Phi) is 2.34. The molecule has 0 radical (unpaired) electrons. The van der Waals surface area contributed by atoms with Gasteiger partial charge >= 0.3 is 0 Å². The van der Waals surface area contributed by atoms with Crippen LogP contribution in [0.4, 0.5) is 0 Å². The zero-order valence-electron chi connectivity index (χ0n) is 10.3. The van der Waals surface area contributed by atoms with Crippen LogP contribution in [-0.4, -0.2) is 10.2 Å². The second kappa shape index (κ2) is 3.67. The summed E-state index contributed by atoms with van der Waals surface area (Å²) < 4.78 is 0. The molecule has 0 fully saturated rings. The molecule has 1 aliphatic rings. The highest BCUT2D eigenvalue weighted by Gasteiger charge is 2.48. The zero-order chi connectivity index (χ0) is 12.8. The normalized spacial score (nSPS) is 30.2. The smallest absolute Gasteiger partial charge is 0.118 e. The van der Waals surface area contributed by atoms with Gasteiger partial charge in [-0.2, -0.15) is 0 Å². The molecule has 0 unspecified atom stereocenters. The molecule has 3 rings (SSSR count). The fourth-order valence-corrected chi connectivity index (χ4v) is 2.97. The number of aliphatic hydroxyl groups is 2. The van der Waals surface area contributed by atoms with Gasteiger partial charge in [0, 0.05) is 6.42 Å². The minimum absolute atomic E-state index is 0.295. The van der Waals surface area contributed by atoms with Gasteiger partial charge in [0.25, 0.3) is 0 Å². The average molecular weight is 240 g/mol. The second-order valence-electron chi connectivity index (χ2n) is 5.22. The maximum Gasteiger partial charge on any atom is 0.118 e. The lowest BCUT2D eigenvalue weighted by Gasteiger charge is -2.26.